The van der Waals surface area contributed by atoms with Gasteiger partial charge < -0.3 is 10.2 Å². The molecule has 0 saturated heterocycles. The summed E-state index contributed by atoms with van der Waals surface area (Å²) in [4.78, 5) is 16.7. The van der Waals surface area contributed by atoms with E-state index in [1.54, 1.807) is 6.08 Å². The summed E-state index contributed by atoms with van der Waals surface area (Å²) in [6.07, 6.45) is 9.52. The monoisotopic (exact) mass is 913 g/mol. The minimum Gasteiger partial charge on any atom is -0.702 e. The maximum Gasteiger partial charge on any atom is 0.157 e. The number of hydrogen-bond donors (Lipinski definition) is 0. The molecule has 0 fully saturated rings. The van der Waals surface area contributed by atoms with Gasteiger partial charge in [0.05, 0.1) is 0 Å². The topological polar surface area (TPSA) is 66.9 Å². The molecule has 2 heterocycles. The molecule has 2 aromatic heterocycles. The van der Waals surface area contributed by atoms with E-state index in [1.807, 2.05) is 20.0 Å². The summed E-state index contributed by atoms with van der Waals surface area (Å²) in [5.74, 6) is 0.500. The third-order valence-electron chi connectivity index (χ3n) is 12.3. The van der Waals surface area contributed by atoms with Crippen molar-refractivity contribution in [1.82, 2.24) is 4.98 Å². The molecule has 5 heteroatoms. The van der Waals surface area contributed by atoms with Crippen LogP contribution in [0.1, 0.15) is 131 Å². The first-order valence-corrected chi connectivity index (χ1v) is 20.3. The van der Waals surface area contributed by atoms with Crippen LogP contribution < -0.4 is 0 Å². The van der Waals surface area contributed by atoms with Gasteiger partial charge in [0.2, 0.25) is 0 Å². The molecule has 1 aliphatic carbocycles. The number of aromatic nitrogens is 1. The molecule has 1 N–H and O–H groups in total. The second kappa shape index (κ2) is 16.4. The van der Waals surface area contributed by atoms with Gasteiger partial charge in [0.25, 0.3) is 0 Å². The first-order valence-electron chi connectivity index (χ1n) is 20.3. The van der Waals surface area contributed by atoms with Gasteiger partial charge in [0, 0.05) is 48.7 Å². The van der Waals surface area contributed by atoms with E-state index < -0.39 is 0 Å². The number of carbonyl (C=O) groups is 1. The van der Waals surface area contributed by atoms with E-state index in [0.717, 1.165) is 58.9 Å². The number of pyridine rings is 1. The Kier molecular flexibility index (Phi) is 12.6. The molecule has 1 radical (unpaired) electrons. The molecule has 0 bridgehead atoms. The number of rotatable bonds is 8. The number of allylic oxidation sites excluding steroid dienone is 2. The quantitative estimate of drug-likeness (QED) is 0.113. The fourth-order valence-electron chi connectivity index (χ4n) is 8.50. The van der Waals surface area contributed by atoms with Gasteiger partial charge in [-0.05, 0) is 106 Å². The van der Waals surface area contributed by atoms with Crippen LogP contribution in [0.2, 0.25) is 0 Å². The van der Waals surface area contributed by atoms with Crippen LogP contribution in [0.15, 0.2) is 83.1 Å². The average molecular weight is 913 g/mol. The third-order valence-corrected chi connectivity index (χ3v) is 12.3. The standard InChI is InChI=1S/C37H36NO.C13H25NO.Ir/c1-35(2,3)29-18-24(16-22-10-8-9-11-25(22)29)34-26-20-32-27(17-23(26)12-15-38-34)28-19-30-31(21-33(28)39-32)37(6,7)14-13-36(30,4)5;1-5-10(6-2)12(14)9-13(15)11(7-3)8-4;/h8-12,15,17-21H,13-14H2,1-7H3;9-11H,5-8H2,1-4H3,(H2,14,15);/q-1;;/p-1. The van der Waals surface area contributed by atoms with Crippen LogP contribution in [0, 0.1) is 17.9 Å². The van der Waals surface area contributed by atoms with Crippen molar-refractivity contribution in [2.24, 2.45) is 11.8 Å². The number of hydrogen-bond acceptors (Lipinski definition) is 3. The number of ketones is 1. The molecule has 0 atom stereocenters. The van der Waals surface area contributed by atoms with E-state index in [4.69, 9.17) is 15.1 Å². The van der Waals surface area contributed by atoms with Crippen LogP contribution in [0.3, 0.4) is 0 Å². The zero-order chi connectivity index (χ0) is 39.2. The largest absolute Gasteiger partial charge is 0.702 e. The zero-order valence-corrected chi connectivity index (χ0v) is 37.3. The maximum atomic E-state index is 11.8. The van der Waals surface area contributed by atoms with Gasteiger partial charge in [-0.15, -0.1) is 29.1 Å². The van der Waals surface area contributed by atoms with E-state index in [1.165, 1.54) is 51.1 Å². The minimum atomic E-state index is 0. The van der Waals surface area contributed by atoms with Crippen molar-refractivity contribution >= 4 is 49.3 Å². The van der Waals surface area contributed by atoms with E-state index in [-0.39, 0.29) is 54.0 Å². The number of nitrogens with one attached hydrogen (secondary N) is 1. The van der Waals surface area contributed by atoms with E-state index in [9.17, 15) is 4.79 Å². The maximum absolute atomic E-state index is 11.8. The van der Waals surface area contributed by atoms with E-state index in [2.05, 4.69) is 129 Å². The molecule has 0 spiro atoms. The Balaban J connectivity index is 0.000000311. The van der Waals surface area contributed by atoms with Crippen LogP contribution in [-0.4, -0.2) is 10.8 Å². The molecule has 0 saturated carbocycles. The van der Waals surface area contributed by atoms with Gasteiger partial charge >= 0.3 is 0 Å². The van der Waals surface area contributed by atoms with Crippen LogP contribution in [0.25, 0.3) is 60.5 Å². The van der Waals surface area contributed by atoms with Crippen molar-refractivity contribution in [3.05, 3.63) is 107 Å². The van der Waals surface area contributed by atoms with Gasteiger partial charge in [-0.3, -0.25) is 9.78 Å². The van der Waals surface area contributed by atoms with Crippen LogP contribution in [0.5, 0.6) is 0 Å². The fourth-order valence-corrected chi connectivity index (χ4v) is 8.50. The van der Waals surface area contributed by atoms with Gasteiger partial charge in [-0.1, -0.05) is 118 Å². The van der Waals surface area contributed by atoms with Gasteiger partial charge in [0.15, 0.2) is 5.78 Å². The normalized spacial score (nSPS) is 15.3. The number of furan rings is 1. The zero-order valence-electron chi connectivity index (χ0n) is 34.9. The molecule has 4 nitrogen and oxygen atoms in total. The predicted molar refractivity (Wildman–Crippen MR) is 230 cm³/mol. The van der Waals surface area contributed by atoms with Crippen molar-refractivity contribution in [2.45, 2.75) is 131 Å². The Morgan fingerprint density at radius 2 is 1.38 bits per heavy atom. The SMILES string of the molecule is CC(C)(C)c1cc(-c2nccc3cc4c(cc23)oc2cc3c(cc24)C(C)(C)CCC3(C)C)[c-]c2ccccc12.CCC(CC)C(=O)/C=C(\[NH-])C(CC)CC.[Ir]. The second-order valence-electron chi connectivity index (χ2n) is 17.9. The summed E-state index contributed by atoms with van der Waals surface area (Å²) < 4.78 is 6.59. The van der Waals surface area contributed by atoms with Crippen LogP contribution in [0.4, 0.5) is 0 Å². The van der Waals surface area contributed by atoms with Crippen molar-refractivity contribution in [3.63, 3.8) is 0 Å². The first-order chi connectivity index (χ1) is 25.5. The molecular formula is C50H60IrN2O2-2. The summed E-state index contributed by atoms with van der Waals surface area (Å²) in [5.41, 5.74) is 16.7. The van der Waals surface area contributed by atoms with Crippen LogP contribution >= 0.6 is 0 Å². The van der Waals surface area contributed by atoms with Crippen molar-refractivity contribution in [1.29, 1.82) is 0 Å². The molecule has 0 amide bonds. The number of nitrogens with zero attached hydrogens (tertiary/aromatic N) is 1. The summed E-state index contributed by atoms with van der Waals surface area (Å²) in [7, 11) is 0. The predicted octanol–water partition coefficient (Wildman–Crippen LogP) is 14.8. The number of benzene rings is 4. The van der Waals surface area contributed by atoms with Gasteiger partial charge in [-0.25, -0.2) is 0 Å². The Morgan fingerprint density at radius 1 is 0.800 bits per heavy atom. The second-order valence-corrected chi connectivity index (χ2v) is 17.9. The minimum absolute atomic E-state index is 0. The number of carbonyl (C=O) groups excluding carboxylic acids is 1. The molecule has 1 aliphatic rings. The Hall–Kier alpha value is -3.79. The van der Waals surface area contributed by atoms with Crippen molar-refractivity contribution in [3.8, 4) is 11.3 Å². The molecule has 6 aromatic rings. The smallest absolute Gasteiger partial charge is 0.157 e. The van der Waals surface area contributed by atoms with Crippen LogP contribution in [-0.2, 0) is 41.1 Å². The number of fused-ring (bicyclic) bond motifs is 6. The Morgan fingerprint density at radius 3 is 2.00 bits per heavy atom. The molecule has 0 aliphatic heterocycles. The molecular weight excluding hydrogens is 853 g/mol. The summed E-state index contributed by atoms with van der Waals surface area (Å²) in [6.45, 7) is 24.5. The summed E-state index contributed by atoms with van der Waals surface area (Å²) in [5, 5.41) is 7.03. The summed E-state index contributed by atoms with van der Waals surface area (Å²) >= 11 is 0. The molecule has 0 unspecified atom stereocenters. The van der Waals surface area contributed by atoms with Crippen molar-refractivity contribution in [2.75, 3.05) is 0 Å². The van der Waals surface area contributed by atoms with Gasteiger partial charge in [0.1, 0.15) is 11.2 Å². The summed E-state index contributed by atoms with van der Waals surface area (Å²) in [6, 6.07) is 25.9. The van der Waals surface area contributed by atoms with Gasteiger partial charge in [-0.2, -0.15) is 5.70 Å². The van der Waals surface area contributed by atoms with E-state index in [0.29, 0.717) is 5.70 Å². The average Bonchev–Trinajstić information content (AvgIpc) is 3.49. The van der Waals surface area contributed by atoms with Crippen molar-refractivity contribution < 1.29 is 29.3 Å². The first kappa shape index (κ1) is 42.4. The molecule has 4 aromatic carbocycles. The van der Waals surface area contributed by atoms with E-state index >= 15 is 0 Å². The third kappa shape index (κ3) is 8.35. The molecule has 293 valence electrons. The molecule has 7 rings (SSSR count). The fraction of sp³-hybridized carbons (Fsp3) is 0.440. The Labute approximate surface area is 343 Å². The molecule has 55 heavy (non-hydrogen) atoms. The Bertz CT molecular complexity index is 2360.